The maximum Gasteiger partial charge on any atom is 0.135 e. The van der Waals surface area contributed by atoms with Crippen LogP contribution in [0.4, 0.5) is 5.69 Å². The highest BCUT2D eigenvalue weighted by molar-refractivity contribution is 6.00. The molecule has 2 aromatic carbocycles. The third kappa shape index (κ3) is 2.67. The molecule has 1 aliphatic rings. The highest BCUT2D eigenvalue weighted by atomic mass is 15.5. The largest absolute Gasteiger partial charge is 0.309 e. The standard InChI is InChI=1S/C17H19N3/c1-13-8-14(2)10-15(9-13)11-17-19-18-12-20(17)16-6-4-3-5-7-16/h3-10,18H,11-12H2,1-2H3. The van der Waals surface area contributed by atoms with E-state index < -0.39 is 0 Å². The summed E-state index contributed by atoms with van der Waals surface area (Å²) in [6.45, 7) is 5.02. The molecule has 0 aliphatic carbocycles. The van der Waals surface area contributed by atoms with Gasteiger partial charge in [0.15, 0.2) is 0 Å². The monoisotopic (exact) mass is 265 g/mol. The Hall–Kier alpha value is -2.29. The highest BCUT2D eigenvalue weighted by Gasteiger charge is 2.18. The molecule has 102 valence electrons. The number of aryl methyl sites for hydroxylation is 2. The number of hydrogen-bond donors (Lipinski definition) is 1. The van der Waals surface area contributed by atoms with E-state index in [1.54, 1.807) is 0 Å². The Balaban J connectivity index is 1.83. The van der Waals surface area contributed by atoms with Crippen LogP contribution in [0.15, 0.2) is 53.6 Å². The first-order chi connectivity index (χ1) is 9.72. The fourth-order valence-corrected chi connectivity index (χ4v) is 2.69. The number of benzene rings is 2. The molecule has 20 heavy (non-hydrogen) atoms. The predicted molar refractivity (Wildman–Crippen MR) is 84.0 cm³/mol. The Kier molecular flexibility index (Phi) is 3.42. The molecule has 1 aliphatic heterocycles. The smallest absolute Gasteiger partial charge is 0.135 e. The fourth-order valence-electron chi connectivity index (χ4n) is 2.69. The van der Waals surface area contributed by atoms with Crippen LogP contribution in [-0.4, -0.2) is 12.5 Å². The van der Waals surface area contributed by atoms with E-state index in [-0.39, 0.29) is 0 Å². The van der Waals surface area contributed by atoms with Crippen molar-refractivity contribution in [3.8, 4) is 0 Å². The normalized spacial score (nSPS) is 14.1. The zero-order valence-corrected chi connectivity index (χ0v) is 11.9. The van der Waals surface area contributed by atoms with Crippen molar-refractivity contribution in [1.29, 1.82) is 0 Å². The number of anilines is 1. The molecule has 1 N–H and O–H groups in total. The zero-order chi connectivity index (χ0) is 13.9. The van der Waals surface area contributed by atoms with Crippen molar-refractivity contribution in [2.24, 2.45) is 5.10 Å². The van der Waals surface area contributed by atoms with Gasteiger partial charge in [-0.3, -0.25) is 5.43 Å². The Morgan fingerprint density at radius 3 is 2.45 bits per heavy atom. The molecule has 0 aromatic heterocycles. The molecule has 3 nitrogen and oxygen atoms in total. The van der Waals surface area contributed by atoms with Gasteiger partial charge in [0, 0.05) is 12.1 Å². The quantitative estimate of drug-likeness (QED) is 0.922. The molecular formula is C17H19N3. The third-order valence-electron chi connectivity index (χ3n) is 3.46. The Labute approximate surface area is 119 Å². The van der Waals surface area contributed by atoms with Crippen LogP contribution in [0.5, 0.6) is 0 Å². The topological polar surface area (TPSA) is 27.6 Å². The van der Waals surface area contributed by atoms with Crippen molar-refractivity contribution in [2.45, 2.75) is 20.3 Å². The second kappa shape index (κ2) is 5.37. The number of hydrogen-bond acceptors (Lipinski definition) is 3. The molecule has 0 fully saturated rings. The zero-order valence-electron chi connectivity index (χ0n) is 11.9. The van der Waals surface area contributed by atoms with E-state index in [0.29, 0.717) is 0 Å². The molecule has 0 saturated carbocycles. The number of nitrogens with zero attached hydrogens (tertiary/aromatic N) is 2. The average Bonchev–Trinajstić information content (AvgIpc) is 2.86. The van der Waals surface area contributed by atoms with Gasteiger partial charge in [-0.05, 0) is 31.5 Å². The van der Waals surface area contributed by atoms with Crippen LogP contribution >= 0.6 is 0 Å². The van der Waals surface area contributed by atoms with Crippen LogP contribution in [0, 0.1) is 13.8 Å². The summed E-state index contributed by atoms with van der Waals surface area (Å²) >= 11 is 0. The highest BCUT2D eigenvalue weighted by Crippen LogP contribution is 2.18. The summed E-state index contributed by atoms with van der Waals surface area (Å²) in [5.74, 6) is 1.07. The van der Waals surface area contributed by atoms with Crippen LogP contribution in [0.2, 0.25) is 0 Å². The summed E-state index contributed by atoms with van der Waals surface area (Å²) in [5.41, 5.74) is 8.18. The molecule has 0 saturated heterocycles. The molecule has 0 spiro atoms. The summed E-state index contributed by atoms with van der Waals surface area (Å²) in [4.78, 5) is 2.22. The minimum Gasteiger partial charge on any atom is -0.309 e. The van der Waals surface area contributed by atoms with Gasteiger partial charge in [0.05, 0.1) is 0 Å². The van der Waals surface area contributed by atoms with Gasteiger partial charge < -0.3 is 4.90 Å². The molecule has 2 aromatic rings. The van der Waals surface area contributed by atoms with E-state index in [2.05, 4.69) is 71.7 Å². The lowest BCUT2D eigenvalue weighted by molar-refractivity contribution is 0.807. The Morgan fingerprint density at radius 1 is 1.05 bits per heavy atom. The molecule has 1 heterocycles. The van der Waals surface area contributed by atoms with Gasteiger partial charge in [-0.25, -0.2) is 0 Å². The first-order valence-electron chi connectivity index (χ1n) is 6.91. The van der Waals surface area contributed by atoms with Gasteiger partial charge in [0.2, 0.25) is 0 Å². The number of para-hydroxylation sites is 1. The van der Waals surface area contributed by atoms with E-state index in [0.717, 1.165) is 18.9 Å². The van der Waals surface area contributed by atoms with Crippen molar-refractivity contribution in [3.05, 3.63) is 65.2 Å². The maximum atomic E-state index is 4.44. The molecule has 0 amide bonds. The fraction of sp³-hybridized carbons (Fsp3) is 0.235. The lowest BCUT2D eigenvalue weighted by Gasteiger charge is -2.19. The van der Waals surface area contributed by atoms with Crippen LogP contribution in [0.1, 0.15) is 16.7 Å². The first kappa shape index (κ1) is 12.7. The van der Waals surface area contributed by atoms with Crippen molar-refractivity contribution < 1.29 is 0 Å². The van der Waals surface area contributed by atoms with Crippen molar-refractivity contribution >= 4 is 11.5 Å². The van der Waals surface area contributed by atoms with E-state index in [1.165, 1.54) is 22.4 Å². The minimum atomic E-state index is 0.740. The summed E-state index contributed by atoms with van der Waals surface area (Å²) in [7, 11) is 0. The first-order valence-corrected chi connectivity index (χ1v) is 6.91. The van der Waals surface area contributed by atoms with Crippen LogP contribution in [0.3, 0.4) is 0 Å². The van der Waals surface area contributed by atoms with Gasteiger partial charge in [0.1, 0.15) is 12.5 Å². The summed E-state index contributed by atoms with van der Waals surface area (Å²) in [6, 6.07) is 17.0. The molecule has 0 unspecified atom stereocenters. The van der Waals surface area contributed by atoms with Crippen LogP contribution in [0.25, 0.3) is 0 Å². The van der Waals surface area contributed by atoms with Crippen molar-refractivity contribution in [1.82, 2.24) is 5.43 Å². The summed E-state index contributed by atoms with van der Waals surface area (Å²) in [5, 5.41) is 4.44. The Bertz CT molecular complexity index is 612. The maximum absolute atomic E-state index is 4.44. The second-order valence-corrected chi connectivity index (χ2v) is 5.28. The SMILES string of the molecule is Cc1cc(C)cc(CC2=NNCN2c2ccccc2)c1. The van der Waals surface area contributed by atoms with E-state index in [1.807, 2.05) is 6.07 Å². The molecular weight excluding hydrogens is 246 g/mol. The lowest BCUT2D eigenvalue weighted by Crippen LogP contribution is -2.30. The van der Waals surface area contributed by atoms with E-state index in [9.17, 15) is 0 Å². The number of hydrazone groups is 1. The minimum absolute atomic E-state index is 0.740. The van der Waals surface area contributed by atoms with Crippen molar-refractivity contribution in [3.63, 3.8) is 0 Å². The lowest BCUT2D eigenvalue weighted by atomic mass is 10.0. The molecule has 0 radical (unpaired) electrons. The third-order valence-corrected chi connectivity index (χ3v) is 3.46. The molecule has 3 heteroatoms. The average molecular weight is 265 g/mol. The number of amidine groups is 1. The number of nitrogens with one attached hydrogen (secondary N) is 1. The van der Waals surface area contributed by atoms with Crippen LogP contribution in [-0.2, 0) is 6.42 Å². The van der Waals surface area contributed by atoms with Gasteiger partial charge in [-0.2, -0.15) is 5.10 Å². The molecule has 0 atom stereocenters. The van der Waals surface area contributed by atoms with E-state index in [4.69, 9.17) is 0 Å². The van der Waals surface area contributed by atoms with Gasteiger partial charge in [-0.1, -0.05) is 47.5 Å². The van der Waals surface area contributed by atoms with Crippen molar-refractivity contribution in [2.75, 3.05) is 11.6 Å². The van der Waals surface area contributed by atoms with Gasteiger partial charge in [-0.15, -0.1) is 0 Å². The summed E-state index contributed by atoms with van der Waals surface area (Å²) in [6.07, 6.45) is 0.852. The molecule has 3 rings (SSSR count). The van der Waals surface area contributed by atoms with Crippen LogP contribution < -0.4 is 10.3 Å². The summed E-state index contributed by atoms with van der Waals surface area (Å²) < 4.78 is 0. The Morgan fingerprint density at radius 2 is 1.75 bits per heavy atom. The predicted octanol–water partition coefficient (Wildman–Crippen LogP) is 3.23. The molecule has 0 bridgehead atoms. The van der Waals surface area contributed by atoms with E-state index >= 15 is 0 Å². The van der Waals surface area contributed by atoms with Gasteiger partial charge >= 0.3 is 0 Å². The van der Waals surface area contributed by atoms with Gasteiger partial charge in [0.25, 0.3) is 0 Å². The number of rotatable bonds is 3. The second-order valence-electron chi connectivity index (χ2n) is 5.28.